The van der Waals surface area contributed by atoms with Gasteiger partial charge < -0.3 is 14.2 Å². The van der Waals surface area contributed by atoms with Gasteiger partial charge in [0.1, 0.15) is 22.8 Å². The zero-order valence-electron chi connectivity index (χ0n) is 62.1. The summed E-state index contributed by atoms with van der Waals surface area (Å²) in [4.78, 5) is 4.39. The molecule has 0 amide bonds. The van der Waals surface area contributed by atoms with Gasteiger partial charge in [0.2, 0.25) is 0 Å². The number of nitrogens with zero attached hydrogens (tertiary/aromatic N) is 2. The molecule has 19 rings (SSSR count). The number of hydrogen-bond donors (Lipinski definition) is 0. The van der Waals surface area contributed by atoms with Crippen molar-refractivity contribution in [2.45, 2.75) is 38.5 Å². The first-order chi connectivity index (χ1) is 54.3. The van der Waals surface area contributed by atoms with Gasteiger partial charge in [-0.15, -0.1) is 0 Å². The summed E-state index contributed by atoms with van der Waals surface area (Å²) in [5.74, 6) is -0.651. The van der Waals surface area contributed by atoms with E-state index < -0.39 is 10.8 Å². The average molecular weight is 1430 g/mol. The molecule has 0 bridgehead atoms. The Labute approximate surface area is 646 Å². The van der Waals surface area contributed by atoms with E-state index >= 15 is 8.78 Å². The molecule has 1 aromatic heterocycles. The number of anilines is 6. The third kappa shape index (κ3) is 11.4. The van der Waals surface area contributed by atoms with Crippen molar-refractivity contribution in [3.63, 3.8) is 0 Å². The van der Waals surface area contributed by atoms with Crippen molar-refractivity contribution < 1.29 is 13.2 Å². The highest BCUT2D eigenvalue weighted by Crippen LogP contribution is 2.60. The molecule has 2 aliphatic rings. The first-order valence-electron chi connectivity index (χ1n) is 37.9. The summed E-state index contributed by atoms with van der Waals surface area (Å²) in [6.45, 7) is 16.8. The van der Waals surface area contributed by atoms with Gasteiger partial charge in [-0.2, -0.15) is 0 Å². The summed E-state index contributed by atoms with van der Waals surface area (Å²) in [6, 6.07) is 124. The Morgan fingerprint density at radius 2 is 0.613 bits per heavy atom. The summed E-state index contributed by atoms with van der Waals surface area (Å²) in [6.07, 6.45) is 3.76. The van der Waals surface area contributed by atoms with Crippen molar-refractivity contribution in [1.82, 2.24) is 0 Å². The van der Waals surface area contributed by atoms with E-state index in [9.17, 15) is 0 Å². The fourth-order valence-corrected chi connectivity index (χ4v) is 17.9. The van der Waals surface area contributed by atoms with Gasteiger partial charge in [-0.05, 0) is 283 Å². The summed E-state index contributed by atoms with van der Waals surface area (Å²) >= 11 is 0. The minimum atomic E-state index is -0.660. The third-order valence-corrected chi connectivity index (χ3v) is 23.3. The van der Waals surface area contributed by atoms with E-state index in [0.29, 0.717) is 11.2 Å². The van der Waals surface area contributed by atoms with E-state index in [2.05, 4.69) is 342 Å². The monoisotopic (exact) mass is 1430 g/mol. The maximum Gasteiger partial charge on any atom is 0.135 e. The molecule has 0 spiro atoms. The van der Waals surface area contributed by atoms with Crippen LogP contribution < -0.4 is 9.80 Å². The Hall–Kier alpha value is -13.7. The van der Waals surface area contributed by atoms with Crippen LogP contribution in [0.1, 0.15) is 77.9 Å². The topological polar surface area (TPSA) is 19.6 Å². The predicted molar refractivity (Wildman–Crippen MR) is 458 cm³/mol. The number of hydrogen-bond acceptors (Lipinski definition) is 3. The third-order valence-electron chi connectivity index (χ3n) is 23.3. The van der Waals surface area contributed by atoms with E-state index in [1.165, 1.54) is 113 Å². The number of furan rings is 1. The molecule has 0 fully saturated rings. The Morgan fingerprint density at radius 3 is 1.01 bits per heavy atom. The molecule has 530 valence electrons. The van der Waals surface area contributed by atoms with Gasteiger partial charge in [0.05, 0.1) is 10.8 Å². The fraction of sp³-hybridized carbons (Fsp3) is 0.0566. The lowest BCUT2D eigenvalue weighted by atomic mass is 9.66. The molecule has 16 aromatic carbocycles. The smallest absolute Gasteiger partial charge is 0.135 e. The molecule has 0 radical (unpaired) electrons. The molecular weight excluding hydrogens is 1360 g/mol. The molecule has 5 heteroatoms. The van der Waals surface area contributed by atoms with Gasteiger partial charge in [-0.3, -0.25) is 0 Å². The molecule has 0 aliphatic heterocycles. The van der Waals surface area contributed by atoms with Crippen LogP contribution in [0.25, 0.3) is 101 Å². The second kappa shape index (κ2) is 27.2. The Kier molecular flexibility index (Phi) is 16.6. The molecule has 2 unspecified atom stereocenters. The van der Waals surface area contributed by atoms with E-state index in [0.717, 1.165) is 101 Å². The minimum absolute atomic E-state index is 0.325. The second-order valence-electron chi connectivity index (χ2n) is 29.7. The van der Waals surface area contributed by atoms with Gasteiger partial charge in [-0.25, -0.2) is 8.78 Å². The molecule has 17 aromatic rings. The Balaban J connectivity index is 0.712. The maximum atomic E-state index is 15.2. The molecule has 2 aliphatic carbocycles. The number of halogens is 2. The first-order valence-corrected chi connectivity index (χ1v) is 37.9. The van der Waals surface area contributed by atoms with Gasteiger partial charge in [0, 0.05) is 44.9 Å². The molecule has 0 saturated heterocycles. The van der Waals surface area contributed by atoms with Crippen molar-refractivity contribution in [1.29, 1.82) is 0 Å². The quantitative estimate of drug-likeness (QED) is 0.0961. The SMILES string of the molecule is C=Cc1ccc(-c2ccc(C3(c4cc(C)ccc4C)c4ccccc4-c4ccc(-c5cccc(N(c6ccc(F)cc6)c6ccc7oc8ccc(N(c9ccc(F)cc9)c9cccc(-c%10ccc%11c(c%10)C(c%10ccc(-c%12ccc(C=C)cc%12)cc%10)(c%10cc(C)ccc%10C)c%10ccccc%10-%11)c9)cc8c7c6)c5)cc43)cc2)cc1. The molecule has 2 atom stereocenters. The van der Waals surface area contributed by atoms with Crippen LogP contribution in [0.2, 0.25) is 0 Å². The second-order valence-corrected chi connectivity index (χ2v) is 29.7. The number of benzene rings is 16. The minimum Gasteiger partial charge on any atom is -0.456 e. The molecule has 111 heavy (non-hydrogen) atoms. The maximum absolute atomic E-state index is 15.2. The predicted octanol–water partition coefficient (Wildman–Crippen LogP) is 28.7. The number of aryl methyl sites for hydroxylation is 4. The normalized spacial score (nSPS) is 14.5. The highest BCUT2D eigenvalue weighted by molar-refractivity contribution is 6.08. The molecule has 1 heterocycles. The Bertz CT molecular complexity index is 6150. The number of rotatable bonds is 16. The van der Waals surface area contributed by atoms with Crippen molar-refractivity contribution in [3.8, 4) is 66.8 Å². The first kappa shape index (κ1) is 67.8. The molecule has 0 N–H and O–H groups in total. The van der Waals surface area contributed by atoms with Crippen LogP contribution in [-0.4, -0.2) is 0 Å². The molecule has 0 saturated carbocycles. The summed E-state index contributed by atoms with van der Waals surface area (Å²) < 4.78 is 37.2. The molecular formula is C106H76F2N2O. The summed E-state index contributed by atoms with van der Waals surface area (Å²) in [5, 5.41) is 1.78. The van der Waals surface area contributed by atoms with E-state index in [4.69, 9.17) is 4.42 Å². The average Bonchev–Trinajstić information content (AvgIpc) is 1.55. The van der Waals surface area contributed by atoms with Crippen LogP contribution in [0.3, 0.4) is 0 Å². The van der Waals surface area contributed by atoms with Gasteiger partial charge in [0.15, 0.2) is 0 Å². The summed E-state index contributed by atoms with van der Waals surface area (Å²) in [7, 11) is 0. The largest absolute Gasteiger partial charge is 0.456 e. The van der Waals surface area contributed by atoms with Crippen molar-refractivity contribution in [2.24, 2.45) is 0 Å². The zero-order chi connectivity index (χ0) is 75.2. The van der Waals surface area contributed by atoms with Crippen LogP contribution in [0.15, 0.2) is 369 Å². The van der Waals surface area contributed by atoms with Gasteiger partial charge in [0.25, 0.3) is 0 Å². The lowest BCUT2D eigenvalue weighted by Gasteiger charge is -2.35. The van der Waals surface area contributed by atoms with Gasteiger partial charge >= 0.3 is 0 Å². The lowest BCUT2D eigenvalue weighted by molar-refractivity contribution is 0.627. The highest BCUT2D eigenvalue weighted by atomic mass is 19.1. The van der Waals surface area contributed by atoms with Crippen LogP contribution >= 0.6 is 0 Å². The van der Waals surface area contributed by atoms with Gasteiger partial charge in [-0.1, -0.05) is 267 Å². The van der Waals surface area contributed by atoms with E-state index in [-0.39, 0.29) is 11.6 Å². The highest BCUT2D eigenvalue weighted by Gasteiger charge is 2.49. The Morgan fingerprint density at radius 1 is 0.270 bits per heavy atom. The van der Waals surface area contributed by atoms with Crippen LogP contribution in [0, 0.1) is 39.3 Å². The van der Waals surface area contributed by atoms with Crippen molar-refractivity contribution >= 4 is 68.2 Å². The lowest BCUT2D eigenvalue weighted by Crippen LogP contribution is -2.29. The standard InChI is InChI=1S/C106H76F2N2O/c1-7-71-27-31-73(32-28-71)75-35-41-81(42-36-75)105(99-59-67(3)23-25-69(99)5)97-21-11-9-19-91(97)93-55-39-79(63-101(93)105)77-15-13-17-87(61-77)109(85-49-45-83(107)46-50-85)89-53-57-103-95(65-89)96-66-90(54-58-104(96)111-103)110(86-51-47-84(108)48-52-86)88-18-14-16-78(62-88)80-40-56-94-92-20-10-12-22-98(92)106(102(94)64-80,100-60-68(4)24-26-70(100)6)82-43-37-76(38-44-82)74-33-29-72(8-2)30-34-74/h7-66H,1-2H2,3-6H3. The van der Waals surface area contributed by atoms with Crippen LogP contribution in [0.5, 0.6) is 0 Å². The zero-order valence-corrected chi connectivity index (χ0v) is 62.1. The number of fused-ring (bicyclic) bond motifs is 9. The van der Waals surface area contributed by atoms with E-state index in [1.54, 1.807) is 0 Å². The van der Waals surface area contributed by atoms with Crippen LogP contribution in [0.4, 0.5) is 42.9 Å². The van der Waals surface area contributed by atoms with E-state index in [1.807, 2.05) is 48.6 Å². The van der Waals surface area contributed by atoms with Crippen molar-refractivity contribution in [2.75, 3.05) is 9.80 Å². The van der Waals surface area contributed by atoms with Crippen molar-refractivity contribution in [3.05, 3.63) is 455 Å². The summed E-state index contributed by atoms with van der Waals surface area (Å²) in [5.41, 5.74) is 35.5. The fourth-order valence-electron chi connectivity index (χ4n) is 17.9. The molecule has 3 nitrogen and oxygen atoms in total. The van der Waals surface area contributed by atoms with Crippen LogP contribution in [-0.2, 0) is 10.8 Å².